The number of carbonyl (C=O) groups is 2. The third kappa shape index (κ3) is 4.31. The van der Waals surface area contributed by atoms with Crippen LogP contribution in [0.2, 0.25) is 0 Å². The van der Waals surface area contributed by atoms with Gasteiger partial charge in [0.1, 0.15) is 17.8 Å². The molecule has 0 bridgehead atoms. The number of rotatable bonds is 6. The summed E-state index contributed by atoms with van der Waals surface area (Å²) in [7, 11) is 2.82. The van der Waals surface area contributed by atoms with Crippen LogP contribution in [-0.2, 0) is 32.2 Å². The lowest BCUT2D eigenvalue weighted by Gasteiger charge is -2.25. The highest BCUT2D eigenvalue weighted by atomic mass is 16.5. The lowest BCUT2D eigenvalue weighted by Crippen LogP contribution is -2.37. The van der Waals surface area contributed by atoms with Crippen molar-refractivity contribution in [1.82, 2.24) is 9.80 Å². The van der Waals surface area contributed by atoms with Crippen LogP contribution < -0.4 is 0 Å². The molecule has 7 heteroatoms. The molecule has 1 N–H and O–H groups in total. The lowest BCUT2D eigenvalue weighted by atomic mass is 10.0. The van der Waals surface area contributed by atoms with E-state index in [1.807, 2.05) is 19.1 Å². The first-order valence-corrected chi connectivity index (χ1v) is 9.89. The number of hydrogen-bond donors (Lipinski definition) is 1. The molecule has 154 valence electrons. The maximum atomic E-state index is 12.0. The van der Waals surface area contributed by atoms with E-state index in [2.05, 4.69) is 9.80 Å². The molecule has 2 fully saturated rings. The smallest absolute Gasteiger partial charge is 0.323 e. The fourth-order valence-corrected chi connectivity index (χ4v) is 4.45. The minimum Gasteiger partial charge on any atom is -0.507 e. The zero-order chi connectivity index (χ0) is 20.3. The molecule has 1 aromatic carbocycles. The van der Waals surface area contributed by atoms with E-state index in [4.69, 9.17) is 9.47 Å². The average Bonchev–Trinajstić information content (AvgIpc) is 3.33. The molecule has 2 heterocycles. The van der Waals surface area contributed by atoms with Gasteiger partial charge in [0.25, 0.3) is 0 Å². The Balaban J connectivity index is 1.78. The van der Waals surface area contributed by atoms with Crippen LogP contribution >= 0.6 is 0 Å². The van der Waals surface area contributed by atoms with Crippen LogP contribution in [0.25, 0.3) is 0 Å². The van der Waals surface area contributed by atoms with Gasteiger partial charge in [0.2, 0.25) is 0 Å². The van der Waals surface area contributed by atoms with Crippen molar-refractivity contribution >= 4 is 11.9 Å². The number of phenols is 1. The molecule has 28 heavy (non-hydrogen) atoms. The Labute approximate surface area is 166 Å². The average molecular weight is 390 g/mol. The predicted molar refractivity (Wildman–Crippen MR) is 104 cm³/mol. The normalized spacial score (nSPS) is 23.1. The number of ether oxygens (including phenoxy) is 2. The standard InChI is InChI=1S/C21H30N2O5/c1-14-10-15(12-22-8-4-6-17(22)20(25)27-2)19(24)16(11-14)13-23-9-5-7-18(23)21(26)28-3/h10-11,17-18,24H,4-9,12-13H2,1-3H3/t17-,18-/m0/s1. The minimum atomic E-state index is -0.254. The number of aromatic hydroxyl groups is 1. The van der Waals surface area contributed by atoms with Gasteiger partial charge in [0.15, 0.2) is 0 Å². The largest absolute Gasteiger partial charge is 0.507 e. The molecular formula is C21H30N2O5. The van der Waals surface area contributed by atoms with E-state index >= 15 is 0 Å². The van der Waals surface area contributed by atoms with Crippen molar-refractivity contribution < 1.29 is 24.2 Å². The molecule has 2 aliphatic heterocycles. The van der Waals surface area contributed by atoms with Crippen LogP contribution in [0, 0.1) is 6.92 Å². The van der Waals surface area contributed by atoms with Gasteiger partial charge in [-0.15, -0.1) is 0 Å². The van der Waals surface area contributed by atoms with Crippen LogP contribution in [0.15, 0.2) is 12.1 Å². The summed E-state index contributed by atoms with van der Waals surface area (Å²) in [5.74, 6) is -0.192. The SMILES string of the molecule is COC(=O)[C@@H]1CCCN1Cc1cc(C)cc(CN2CCC[C@H]2C(=O)OC)c1O. The van der Waals surface area contributed by atoms with Crippen LogP contribution in [0.1, 0.15) is 42.4 Å². The lowest BCUT2D eigenvalue weighted by molar-refractivity contribution is -0.146. The summed E-state index contributed by atoms with van der Waals surface area (Å²) in [4.78, 5) is 28.2. The van der Waals surface area contributed by atoms with Gasteiger partial charge in [-0.05, 0) is 45.7 Å². The molecule has 2 aliphatic rings. The molecule has 3 rings (SSSR count). The summed E-state index contributed by atoms with van der Waals surface area (Å²) >= 11 is 0. The predicted octanol–water partition coefficient (Wildman–Crippen LogP) is 1.98. The Morgan fingerprint density at radius 2 is 1.39 bits per heavy atom. The first-order chi connectivity index (χ1) is 13.4. The van der Waals surface area contributed by atoms with Crippen molar-refractivity contribution in [3.63, 3.8) is 0 Å². The van der Waals surface area contributed by atoms with E-state index in [-0.39, 0.29) is 29.8 Å². The van der Waals surface area contributed by atoms with Gasteiger partial charge in [-0.1, -0.05) is 17.7 Å². The van der Waals surface area contributed by atoms with E-state index in [1.165, 1.54) is 14.2 Å². The monoisotopic (exact) mass is 390 g/mol. The molecule has 2 saturated heterocycles. The van der Waals surface area contributed by atoms with Crippen molar-refractivity contribution in [2.75, 3.05) is 27.3 Å². The number of nitrogens with zero attached hydrogens (tertiary/aromatic N) is 2. The Morgan fingerprint density at radius 3 is 1.79 bits per heavy atom. The van der Waals surface area contributed by atoms with Crippen LogP contribution in [0.3, 0.4) is 0 Å². The summed E-state index contributed by atoms with van der Waals surface area (Å²) in [6.45, 7) is 4.61. The zero-order valence-electron chi connectivity index (χ0n) is 16.9. The fourth-order valence-electron chi connectivity index (χ4n) is 4.45. The van der Waals surface area contributed by atoms with E-state index < -0.39 is 0 Å². The second-order valence-electron chi connectivity index (χ2n) is 7.74. The Bertz CT molecular complexity index is 679. The molecule has 1 aromatic rings. The number of carbonyl (C=O) groups excluding carboxylic acids is 2. The molecular weight excluding hydrogens is 360 g/mol. The summed E-state index contributed by atoms with van der Waals surface area (Å²) in [5, 5.41) is 10.9. The van der Waals surface area contributed by atoms with Gasteiger partial charge in [-0.25, -0.2) is 0 Å². The Hall–Kier alpha value is -2.12. The van der Waals surface area contributed by atoms with Crippen LogP contribution in [-0.4, -0.2) is 66.2 Å². The highest BCUT2D eigenvalue weighted by Gasteiger charge is 2.34. The summed E-state index contributed by atoms with van der Waals surface area (Å²) in [6, 6.07) is 3.42. The first kappa shape index (κ1) is 20.6. The molecule has 0 amide bonds. The van der Waals surface area contributed by atoms with Gasteiger partial charge < -0.3 is 14.6 Å². The third-order valence-corrected chi connectivity index (χ3v) is 5.83. The first-order valence-electron chi connectivity index (χ1n) is 9.89. The van der Waals surface area contributed by atoms with Gasteiger partial charge in [-0.3, -0.25) is 19.4 Å². The topological polar surface area (TPSA) is 79.3 Å². The summed E-state index contributed by atoms with van der Waals surface area (Å²) in [6.07, 6.45) is 3.43. The molecule has 0 saturated carbocycles. The number of hydrogen-bond acceptors (Lipinski definition) is 7. The maximum absolute atomic E-state index is 12.0. The van der Waals surface area contributed by atoms with Gasteiger partial charge in [0, 0.05) is 24.2 Å². The third-order valence-electron chi connectivity index (χ3n) is 5.83. The number of aryl methyl sites for hydroxylation is 1. The fraction of sp³-hybridized carbons (Fsp3) is 0.619. The van der Waals surface area contributed by atoms with Gasteiger partial charge in [-0.2, -0.15) is 0 Å². The molecule has 2 atom stereocenters. The number of benzene rings is 1. The van der Waals surface area contributed by atoms with E-state index in [9.17, 15) is 14.7 Å². The summed E-state index contributed by atoms with van der Waals surface area (Å²) in [5.41, 5.74) is 2.66. The molecule has 0 spiro atoms. The highest BCUT2D eigenvalue weighted by Crippen LogP contribution is 2.31. The Morgan fingerprint density at radius 1 is 0.964 bits per heavy atom. The van der Waals surface area contributed by atoms with Crippen molar-refractivity contribution in [2.24, 2.45) is 0 Å². The molecule has 0 aromatic heterocycles. The second-order valence-corrected chi connectivity index (χ2v) is 7.74. The van der Waals surface area contributed by atoms with Crippen LogP contribution in [0.4, 0.5) is 0 Å². The van der Waals surface area contributed by atoms with E-state index in [0.717, 1.165) is 55.5 Å². The summed E-state index contributed by atoms with van der Waals surface area (Å²) < 4.78 is 9.84. The van der Waals surface area contributed by atoms with Gasteiger partial charge in [0.05, 0.1) is 14.2 Å². The molecule has 0 aliphatic carbocycles. The van der Waals surface area contributed by atoms with Crippen molar-refractivity contribution in [2.45, 2.75) is 57.8 Å². The van der Waals surface area contributed by atoms with Crippen LogP contribution in [0.5, 0.6) is 5.75 Å². The van der Waals surface area contributed by atoms with Crippen molar-refractivity contribution in [1.29, 1.82) is 0 Å². The number of phenolic OH excluding ortho intramolecular Hbond substituents is 1. The maximum Gasteiger partial charge on any atom is 0.323 e. The quantitative estimate of drug-likeness (QED) is 0.744. The number of methoxy groups -OCH3 is 2. The number of likely N-dealkylation sites (tertiary alicyclic amines) is 2. The van der Waals surface area contributed by atoms with Crippen molar-refractivity contribution in [3.8, 4) is 5.75 Å². The molecule has 0 unspecified atom stereocenters. The second kappa shape index (κ2) is 8.92. The molecule has 7 nitrogen and oxygen atoms in total. The minimum absolute atomic E-state index is 0.220. The van der Waals surface area contributed by atoms with E-state index in [0.29, 0.717) is 13.1 Å². The molecule has 0 radical (unpaired) electrons. The zero-order valence-corrected chi connectivity index (χ0v) is 16.9. The number of esters is 2. The van der Waals surface area contributed by atoms with E-state index in [1.54, 1.807) is 0 Å². The van der Waals surface area contributed by atoms with Crippen molar-refractivity contribution in [3.05, 3.63) is 28.8 Å². The highest BCUT2D eigenvalue weighted by molar-refractivity contribution is 5.76. The van der Waals surface area contributed by atoms with Gasteiger partial charge >= 0.3 is 11.9 Å². The Kier molecular flexibility index (Phi) is 6.57.